The second-order valence-corrected chi connectivity index (χ2v) is 6.09. The fourth-order valence-electron chi connectivity index (χ4n) is 2.32. The fraction of sp³-hybridized carbons (Fsp3) is 0.111. The van der Waals surface area contributed by atoms with E-state index in [1.807, 2.05) is 12.1 Å². The molecule has 0 saturated heterocycles. The summed E-state index contributed by atoms with van der Waals surface area (Å²) in [6.07, 6.45) is 0. The molecule has 0 spiro atoms. The highest BCUT2D eigenvalue weighted by molar-refractivity contribution is 6.31. The maximum absolute atomic E-state index is 12.2. The van der Waals surface area contributed by atoms with Crippen LogP contribution < -0.4 is 5.32 Å². The van der Waals surface area contributed by atoms with E-state index in [4.69, 9.17) is 32.5 Å². The van der Waals surface area contributed by atoms with Crippen molar-refractivity contribution in [1.29, 1.82) is 0 Å². The number of rotatable bonds is 5. The summed E-state index contributed by atoms with van der Waals surface area (Å²) in [5.74, 6) is -0.313. The summed E-state index contributed by atoms with van der Waals surface area (Å²) in [4.78, 5) is 12.2. The van der Waals surface area contributed by atoms with E-state index < -0.39 is 5.97 Å². The number of anilines is 1. The highest BCUT2D eigenvalue weighted by atomic mass is 35.5. The van der Waals surface area contributed by atoms with Crippen LogP contribution in [0.15, 0.2) is 53.1 Å². The lowest BCUT2D eigenvalue weighted by Gasteiger charge is -2.06. The molecule has 0 fully saturated rings. The van der Waals surface area contributed by atoms with Gasteiger partial charge in [-0.25, -0.2) is 4.79 Å². The normalized spacial score (nSPS) is 10.5. The van der Waals surface area contributed by atoms with Crippen molar-refractivity contribution in [2.24, 2.45) is 0 Å². The van der Waals surface area contributed by atoms with Gasteiger partial charge in [0.25, 0.3) is 0 Å². The average molecular weight is 377 g/mol. The molecular formula is C18H14Cl2N2O3. The second kappa shape index (κ2) is 7.59. The highest BCUT2D eigenvalue weighted by Gasteiger charge is 2.25. The number of nitrogens with zero attached hydrogens (tertiary/aromatic N) is 1. The van der Waals surface area contributed by atoms with Crippen molar-refractivity contribution in [2.75, 3.05) is 12.4 Å². The minimum atomic E-state index is -0.546. The summed E-state index contributed by atoms with van der Waals surface area (Å²) in [5.41, 5.74) is 2.23. The Kier molecular flexibility index (Phi) is 5.26. The van der Waals surface area contributed by atoms with E-state index in [9.17, 15) is 4.79 Å². The van der Waals surface area contributed by atoms with Crippen molar-refractivity contribution in [2.45, 2.75) is 6.54 Å². The molecule has 1 heterocycles. The number of aromatic nitrogens is 1. The van der Waals surface area contributed by atoms with Crippen molar-refractivity contribution in [3.63, 3.8) is 0 Å². The van der Waals surface area contributed by atoms with Crippen molar-refractivity contribution < 1.29 is 14.1 Å². The van der Waals surface area contributed by atoms with Crippen LogP contribution in [0.4, 0.5) is 5.88 Å². The Hall–Kier alpha value is -2.50. The van der Waals surface area contributed by atoms with Gasteiger partial charge in [-0.1, -0.05) is 52.6 Å². The molecule has 5 nitrogen and oxygen atoms in total. The first-order chi connectivity index (χ1) is 12.1. The summed E-state index contributed by atoms with van der Waals surface area (Å²) >= 11 is 11.9. The predicted molar refractivity (Wildman–Crippen MR) is 97.1 cm³/mol. The van der Waals surface area contributed by atoms with Gasteiger partial charge in [0.15, 0.2) is 5.56 Å². The first-order valence-electron chi connectivity index (χ1n) is 7.40. The number of carbonyl (C=O) groups is 1. The van der Waals surface area contributed by atoms with Crippen LogP contribution >= 0.6 is 23.2 Å². The van der Waals surface area contributed by atoms with Crippen LogP contribution in [0.1, 0.15) is 15.9 Å². The van der Waals surface area contributed by atoms with Gasteiger partial charge in [0.2, 0.25) is 5.88 Å². The Balaban J connectivity index is 1.91. The lowest BCUT2D eigenvalue weighted by molar-refractivity contribution is 0.0602. The van der Waals surface area contributed by atoms with E-state index in [1.54, 1.807) is 36.4 Å². The Morgan fingerprint density at radius 1 is 1.16 bits per heavy atom. The number of methoxy groups -OCH3 is 1. The van der Waals surface area contributed by atoms with E-state index >= 15 is 0 Å². The van der Waals surface area contributed by atoms with E-state index in [0.717, 1.165) is 5.56 Å². The molecule has 1 N–H and O–H groups in total. The van der Waals surface area contributed by atoms with Crippen molar-refractivity contribution in [1.82, 2.24) is 5.16 Å². The Labute approximate surface area is 154 Å². The molecule has 0 saturated carbocycles. The topological polar surface area (TPSA) is 64.4 Å². The number of nitrogens with one attached hydrogen (secondary N) is 1. The van der Waals surface area contributed by atoms with E-state index in [-0.39, 0.29) is 11.4 Å². The number of esters is 1. The zero-order chi connectivity index (χ0) is 17.8. The molecule has 1 aromatic heterocycles. The lowest BCUT2D eigenvalue weighted by atomic mass is 10.1. The van der Waals surface area contributed by atoms with Gasteiger partial charge in [0.05, 0.1) is 7.11 Å². The molecule has 0 unspecified atom stereocenters. The third-order valence-electron chi connectivity index (χ3n) is 3.55. The molecular weight excluding hydrogens is 363 g/mol. The fourth-order valence-corrected chi connectivity index (χ4v) is 2.64. The quantitative estimate of drug-likeness (QED) is 0.631. The number of benzene rings is 2. The van der Waals surface area contributed by atoms with Gasteiger partial charge in [-0.05, 0) is 29.8 Å². The lowest BCUT2D eigenvalue weighted by Crippen LogP contribution is -2.07. The molecule has 3 aromatic rings. The smallest absolute Gasteiger partial charge is 0.345 e. The minimum absolute atomic E-state index is 0.221. The first kappa shape index (κ1) is 17.3. The molecule has 7 heteroatoms. The summed E-state index contributed by atoms with van der Waals surface area (Å²) in [6, 6.07) is 14.3. The Morgan fingerprint density at radius 2 is 1.92 bits per heavy atom. The first-order valence-corrected chi connectivity index (χ1v) is 8.16. The van der Waals surface area contributed by atoms with Crippen LogP contribution in [0.25, 0.3) is 11.3 Å². The number of carbonyl (C=O) groups excluding carboxylic acids is 1. The van der Waals surface area contributed by atoms with E-state index in [0.29, 0.717) is 27.8 Å². The van der Waals surface area contributed by atoms with Gasteiger partial charge in [0.1, 0.15) is 5.69 Å². The van der Waals surface area contributed by atoms with Gasteiger partial charge >= 0.3 is 5.97 Å². The van der Waals surface area contributed by atoms with E-state index in [2.05, 4.69) is 10.5 Å². The van der Waals surface area contributed by atoms with Gasteiger partial charge in [0, 0.05) is 22.2 Å². The summed E-state index contributed by atoms with van der Waals surface area (Å²) in [6.45, 7) is 0.436. The van der Waals surface area contributed by atoms with Gasteiger partial charge in [-0.15, -0.1) is 0 Å². The molecule has 3 rings (SSSR count). The average Bonchev–Trinajstić information content (AvgIpc) is 3.04. The monoisotopic (exact) mass is 376 g/mol. The molecule has 0 aliphatic heterocycles. The van der Waals surface area contributed by atoms with Crippen LogP contribution in [0.2, 0.25) is 10.0 Å². The maximum Gasteiger partial charge on any atom is 0.345 e. The van der Waals surface area contributed by atoms with Gasteiger partial charge < -0.3 is 14.6 Å². The Morgan fingerprint density at radius 3 is 2.60 bits per heavy atom. The largest absolute Gasteiger partial charge is 0.465 e. The molecule has 0 aliphatic rings. The molecule has 0 aliphatic carbocycles. The molecule has 0 atom stereocenters. The molecule has 0 bridgehead atoms. The zero-order valence-corrected chi connectivity index (χ0v) is 14.8. The van der Waals surface area contributed by atoms with Crippen LogP contribution in [-0.2, 0) is 11.3 Å². The van der Waals surface area contributed by atoms with Crippen molar-refractivity contribution in [3.05, 3.63) is 69.7 Å². The number of hydrogen-bond acceptors (Lipinski definition) is 5. The van der Waals surface area contributed by atoms with Crippen molar-refractivity contribution in [3.8, 4) is 11.3 Å². The van der Waals surface area contributed by atoms with Gasteiger partial charge in [-0.3, -0.25) is 0 Å². The maximum atomic E-state index is 12.2. The van der Waals surface area contributed by atoms with Crippen molar-refractivity contribution >= 4 is 35.1 Å². The molecule has 2 aromatic carbocycles. The third-order valence-corrected chi connectivity index (χ3v) is 4.03. The molecule has 128 valence electrons. The van der Waals surface area contributed by atoms with Crippen LogP contribution in [0.5, 0.6) is 0 Å². The van der Waals surface area contributed by atoms with Gasteiger partial charge in [-0.2, -0.15) is 0 Å². The van der Waals surface area contributed by atoms with Crippen LogP contribution in [0, 0.1) is 0 Å². The summed E-state index contributed by atoms with van der Waals surface area (Å²) < 4.78 is 10.2. The zero-order valence-electron chi connectivity index (χ0n) is 13.3. The number of halogens is 2. The Bertz CT molecular complexity index is 892. The predicted octanol–water partition coefficient (Wildman–Crippen LogP) is 5.05. The molecule has 0 radical (unpaired) electrons. The summed E-state index contributed by atoms with van der Waals surface area (Å²) in [7, 11) is 1.31. The molecule has 25 heavy (non-hydrogen) atoms. The molecule has 0 amide bonds. The number of ether oxygens (including phenoxy) is 1. The minimum Gasteiger partial charge on any atom is -0.465 e. The standard InChI is InChI=1S/C18H14Cl2N2O3/c1-24-18(23)15-16(12-3-2-4-14(20)9-12)22-25-17(15)21-10-11-5-7-13(19)8-6-11/h2-9,21H,10H2,1H3. The summed E-state index contributed by atoms with van der Waals surface area (Å²) in [5, 5.41) is 8.26. The SMILES string of the molecule is COC(=O)c1c(-c2cccc(Cl)c2)noc1NCc1ccc(Cl)cc1. The van der Waals surface area contributed by atoms with Crippen LogP contribution in [-0.4, -0.2) is 18.2 Å². The third kappa shape index (κ3) is 3.95. The second-order valence-electron chi connectivity index (χ2n) is 5.22. The van der Waals surface area contributed by atoms with Crippen LogP contribution in [0.3, 0.4) is 0 Å². The number of hydrogen-bond donors (Lipinski definition) is 1. The van der Waals surface area contributed by atoms with E-state index in [1.165, 1.54) is 7.11 Å². The highest BCUT2D eigenvalue weighted by Crippen LogP contribution is 2.31.